The number of aryl methyl sites for hydroxylation is 1. The number of halogens is 2. The molecule has 0 aliphatic carbocycles. The Balaban J connectivity index is 2.22. The van der Waals surface area contributed by atoms with Gasteiger partial charge in [-0.2, -0.15) is 0 Å². The van der Waals surface area contributed by atoms with Crippen LogP contribution in [0.4, 0.5) is 4.39 Å². The molecule has 17 heavy (non-hydrogen) atoms. The first-order valence-electron chi connectivity index (χ1n) is 5.17. The van der Waals surface area contributed by atoms with Crippen LogP contribution in [0.25, 0.3) is 0 Å². The number of hydrogen-bond donors (Lipinski definition) is 1. The molecule has 0 amide bonds. The molecule has 0 fully saturated rings. The predicted molar refractivity (Wildman–Crippen MR) is 63.3 cm³/mol. The van der Waals surface area contributed by atoms with Crippen LogP contribution in [0.2, 0.25) is 5.02 Å². The molecule has 1 atom stereocenters. The molecular weight excluding hydrogens is 243 g/mol. The van der Waals surface area contributed by atoms with Crippen LogP contribution >= 0.6 is 11.6 Å². The molecule has 1 unspecified atom stereocenters. The van der Waals surface area contributed by atoms with Gasteiger partial charge in [0.1, 0.15) is 17.7 Å². The van der Waals surface area contributed by atoms with E-state index in [0.29, 0.717) is 11.4 Å². The van der Waals surface area contributed by atoms with E-state index in [0.717, 1.165) is 0 Å². The molecule has 2 aromatic rings. The first kappa shape index (κ1) is 12.1. The predicted octanol–water partition coefficient (Wildman–Crippen LogP) is 2.49. The zero-order valence-electron chi connectivity index (χ0n) is 9.27. The van der Waals surface area contributed by atoms with Crippen LogP contribution in [0.3, 0.4) is 0 Å². The molecule has 0 aliphatic rings. The van der Waals surface area contributed by atoms with Crippen LogP contribution in [0, 0.1) is 5.82 Å². The van der Waals surface area contributed by atoms with E-state index in [1.165, 1.54) is 6.07 Å². The van der Waals surface area contributed by atoms with Gasteiger partial charge in [0.25, 0.3) is 0 Å². The number of imidazole rings is 1. The quantitative estimate of drug-likeness (QED) is 0.914. The molecule has 1 N–H and O–H groups in total. The van der Waals surface area contributed by atoms with Gasteiger partial charge >= 0.3 is 0 Å². The molecule has 0 saturated heterocycles. The number of nitrogens with zero attached hydrogens (tertiary/aromatic N) is 2. The average Bonchev–Trinajstić information content (AvgIpc) is 2.71. The highest BCUT2D eigenvalue weighted by Gasteiger charge is 2.15. The summed E-state index contributed by atoms with van der Waals surface area (Å²) >= 11 is 5.83. The minimum absolute atomic E-state index is 0.0563. The van der Waals surface area contributed by atoms with Gasteiger partial charge in [0, 0.05) is 25.9 Å². The van der Waals surface area contributed by atoms with Crippen molar-refractivity contribution in [2.45, 2.75) is 12.5 Å². The maximum absolute atomic E-state index is 13.2. The fourth-order valence-corrected chi connectivity index (χ4v) is 1.91. The lowest BCUT2D eigenvalue weighted by atomic mass is 10.1. The Morgan fingerprint density at radius 3 is 2.94 bits per heavy atom. The van der Waals surface area contributed by atoms with E-state index in [9.17, 15) is 9.50 Å². The van der Waals surface area contributed by atoms with Crippen molar-refractivity contribution in [3.63, 3.8) is 0 Å². The lowest BCUT2D eigenvalue weighted by Gasteiger charge is -2.11. The number of rotatable bonds is 3. The number of hydrogen-bond acceptors (Lipinski definition) is 2. The first-order chi connectivity index (χ1) is 8.09. The summed E-state index contributed by atoms with van der Waals surface area (Å²) in [6.45, 7) is 0. The summed E-state index contributed by atoms with van der Waals surface area (Å²) in [6, 6.07) is 4.55. The molecule has 1 aromatic carbocycles. The van der Waals surface area contributed by atoms with Gasteiger partial charge in [0.05, 0.1) is 5.02 Å². The Bertz CT molecular complexity index is 527. The monoisotopic (exact) mass is 254 g/mol. The summed E-state index contributed by atoms with van der Waals surface area (Å²) in [5.41, 5.74) is 0.571. The molecule has 2 rings (SSSR count). The van der Waals surface area contributed by atoms with Crippen molar-refractivity contribution < 1.29 is 9.50 Å². The first-order valence-corrected chi connectivity index (χ1v) is 5.55. The van der Waals surface area contributed by atoms with Gasteiger partial charge in [-0.25, -0.2) is 9.37 Å². The standard InChI is InChI=1S/C12H12ClFN2O/c1-16-6-5-15-12(16)10(17)7-8-3-2-4-9(14)11(8)13/h2-6,10,17H,7H2,1H3. The van der Waals surface area contributed by atoms with Gasteiger partial charge in [0.2, 0.25) is 0 Å². The van der Waals surface area contributed by atoms with Crippen LogP contribution < -0.4 is 0 Å². The summed E-state index contributed by atoms with van der Waals surface area (Å²) in [6.07, 6.45) is 2.79. The molecule has 0 spiro atoms. The maximum Gasteiger partial charge on any atom is 0.142 e. The normalized spacial score (nSPS) is 12.7. The van der Waals surface area contributed by atoms with Gasteiger partial charge in [0.15, 0.2) is 0 Å². The average molecular weight is 255 g/mol. The molecule has 1 aromatic heterocycles. The highest BCUT2D eigenvalue weighted by molar-refractivity contribution is 6.31. The van der Waals surface area contributed by atoms with Crippen LogP contribution in [0.5, 0.6) is 0 Å². The van der Waals surface area contributed by atoms with E-state index in [4.69, 9.17) is 11.6 Å². The third kappa shape index (κ3) is 2.48. The number of aliphatic hydroxyl groups is 1. The van der Waals surface area contributed by atoms with Gasteiger partial charge in [-0.15, -0.1) is 0 Å². The summed E-state index contributed by atoms with van der Waals surface area (Å²) in [5, 5.41) is 10.1. The summed E-state index contributed by atoms with van der Waals surface area (Å²) in [4.78, 5) is 4.04. The van der Waals surface area contributed by atoms with Crippen molar-refractivity contribution in [1.82, 2.24) is 9.55 Å². The Hall–Kier alpha value is -1.39. The molecule has 0 bridgehead atoms. The molecular formula is C12H12ClFN2O. The highest BCUT2D eigenvalue weighted by atomic mass is 35.5. The molecule has 0 radical (unpaired) electrons. The summed E-state index contributed by atoms with van der Waals surface area (Å²) in [7, 11) is 1.79. The minimum Gasteiger partial charge on any atom is -0.385 e. The van der Waals surface area contributed by atoms with Crippen molar-refractivity contribution in [3.8, 4) is 0 Å². The third-order valence-corrected chi connectivity index (χ3v) is 3.02. The Morgan fingerprint density at radius 1 is 1.53 bits per heavy atom. The Labute approximate surface area is 103 Å². The van der Waals surface area contributed by atoms with Crippen molar-refractivity contribution in [3.05, 3.63) is 52.8 Å². The van der Waals surface area contributed by atoms with E-state index in [1.54, 1.807) is 36.1 Å². The second-order valence-electron chi connectivity index (χ2n) is 3.83. The van der Waals surface area contributed by atoms with E-state index < -0.39 is 11.9 Å². The summed E-state index contributed by atoms with van der Waals surface area (Å²) in [5.74, 6) is 0.0570. The second kappa shape index (κ2) is 4.85. The lowest BCUT2D eigenvalue weighted by Crippen LogP contribution is -2.08. The van der Waals surface area contributed by atoms with Crippen LogP contribution in [0.1, 0.15) is 17.5 Å². The van der Waals surface area contributed by atoms with E-state index in [1.807, 2.05) is 0 Å². The molecule has 5 heteroatoms. The van der Waals surface area contributed by atoms with Gasteiger partial charge in [-0.3, -0.25) is 0 Å². The molecule has 1 heterocycles. The van der Waals surface area contributed by atoms with Crippen LogP contribution in [-0.2, 0) is 13.5 Å². The smallest absolute Gasteiger partial charge is 0.142 e. The van der Waals surface area contributed by atoms with Gasteiger partial charge in [-0.1, -0.05) is 23.7 Å². The van der Waals surface area contributed by atoms with Crippen molar-refractivity contribution >= 4 is 11.6 Å². The molecule has 0 aliphatic heterocycles. The Morgan fingerprint density at radius 2 is 2.29 bits per heavy atom. The van der Waals surface area contributed by atoms with Crippen molar-refractivity contribution in [1.29, 1.82) is 0 Å². The van der Waals surface area contributed by atoms with Crippen LogP contribution in [0.15, 0.2) is 30.6 Å². The minimum atomic E-state index is -0.797. The number of aromatic nitrogens is 2. The van der Waals surface area contributed by atoms with E-state index in [2.05, 4.69) is 4.98 Å². The van der Waals surface area contributed by atoms with E-state index in [-0.39, 0.29) is 11.4 Å². The third-order valence-electron chi connectivity index (χ3n) is 2.60. The van der Waals surface area contributed by atoms with Crippen LogP contribution in [-0.4, -0.2) is 14.7 Å². The molecule has 3 nitrogen and oxygen atoms in total. The number of aliphatic hydroxyl groups excluding tert-OH is 1. The fourth-order valence-electron chi connectivity index (χ4n) is 1.70. The maximum atomic E-state index is 13.2. The SMILES string of the molecule is Cn1ccnc1C(O)Cc1cccc(F)c1Cl. The van der Waals surface area contributed by atoms with E-state index >= 15 is 0 Å². The van der Waals surface area contributed by atoms with Crippen molar-refractivity contribution in [2.24, 2.45) is 7.05 Å². The number of benzene rings is 1. The largest absolute Gasteiger partial charge is 0.385 e. The molecule has 90 valence electrons. The fraction of sp³-hybridized carbons (Fsp3) is 0.250. The second-order valence-corrected chi connectivity index (χ2v) is 4.21. The topological polar surface area (TPSA) is 38.0 Å². The highest BCUT2D eigenvalue weighted by Crippen LogP contribution is 2.24. The Kier molecular flexibility index (Phi) is 3.45. The molecule has 0 saturated carbocycles. The lowest BCUT2D eigenvalue weighted by molar-refractivity contribution is 0.165. The van der Waals surface area contributed by atoms with Gasteiger partial charge < -0.3 is 9.67 Å². The summed E-state index contributed by atoms with van der Waals surface area (Å²) < 4.78 is 14.9. The van der Waals surface area contributed by atoms with Crippen molar-refractivity contribution in [2.75, 3.05) is 0 Å². The zero-order chi connectivity index (χ0) is 12.4. The van der Waals surface area contributed by atoms with Gasteiger partial charge in [-0.05, 0) is 11.6 Å². The zero-order valence-corrected chi connectivity index (χ0v) is 10.0.